The standard InChI is InChI=1S/C4H8Br2OS/c5-2-1-4(7,8)3-6/h7-8H,1-3H2/t4-/m0/s1. The first kappa shape index (κ1) is 9.27. The fourth-order valence-electron chi connectivity index (χ4n) is 0.218. The van der Waals surface area contributed by atoms with Crippen LogP contribution in [0.1, 0.15) is 6.42 Å². The molecular weight excluding hydrogens is 256 g/mol. The number of hydrogen-bond acceptors (Lipinski definition) is 2. The maximum Gasteiger partial charge on any atom is 0.118 e. The zero-order valence-electron chi connectivity index (χ0n) is 4.27. The molecule has 0 amide bonds. The summed E-state index contributed by atoms with van der Waals surface area (Å²) in [6.45, 7) is 0. The van der Waals surface area contributed by atoms with E-state index in [1.54, 1.807) is 0 Å². The van der Waals surface area contributed by atoms with Crippen molar-refractivity contribution >= 4 is 44.5 Å². The van der Waals surface area contributed by atoms with Crippen LogP contribution in [0.25, 0.3) is 0 Å². The zero-order valence-corrected chi connectivity index (χ0v) is 8.34. The van der Waals surface area contributed by atoms with Crippen molar-refractivity contribution in [2.45, 2.75) is 11.4 Å². The molecule has 0 heterocycles. The average molecular weight is 264 g/mol. The highest BCUT2D eigenvalue weighted by atomic mass is 79.9. The summed E-state index contributed by atoms with van der Waals surface area (Å²) in [6, 6.07) is 0. The van der Waals surface area contributed by atoms with Crippen molar-refractivity contribution in [1.29, 1.82) is 0 Å². The first-order valence-electron chi connectivity index (χ1n) is 2.19. The van der Waals surface area contributed by atoms with E-state index in [-0.39, 0.29) is 0 Å². The lowest BCUT2D eigenvalue weighted by Crippen LogP contribution is -2.22. The minimum Gasteiger partial charge on any atom is -0.379 e. The molecule has 0 aromatic rings. The largest absolute Gasteiger partial charge is 0.379 e. The first-order chi connectivity index (χ1) is 3.62. The molecule has 1 atom stereocenters. The molecule has 0 aromatic carbocycles. The summed E-state index contributed by atoms with van der Waals surface area (Å²) < 4.78 is 0. The van der Waals surface area contributed by atoms with Gasteiger partial charge in [-0.05, 0) is 6.42 Å². The molecule has 1 nitrogen and oxygen atoms in total. The van der Waals surface area contributed by atoms with Crippen molar-refractivity contribution in [2.75, 3.05) is 10.7 Å². The van der Waals surface area contributed by atoms with Crippen molar-refractivity contribution in [1.82, 2.24) is 0 Å². The lowest BCUT2D eigenvalue weighted by Gasteiger charge is -2.16. The van der Waals surface area contributed by atoms with E-state index >= 15 is 0 Å². The predicted molar refractivity (Wildman–Crippen MR) is 46.1 cm³/mol. The normalized spacial score (nSPS) is 18.0. The molecule has 0 fully saturated rings. The Labute approximate surface area is 71.5 Å². The van der Waals surface area contributed by atoms with Crippen LogP contribution in [0, 0.1) is 0 Å². The van der Waals surface area contributed by atoms with Crippen LogP contribution in [0.2, 0.25) is 0 Å². The molecule has 0 radical (unpaired) electrons. The third kappa shape index (κ3) is 4.18. The van der Waals surface area contributed by atoms with E-state index in [0.717, 1.165) is 5.33 Å². The second kappa shape index (κ2) is 4.14. The number of hydrogen-bond donors (Lipinski definition) is 2. The van der Waals surface area contributed by atoms with Gasteiger partial charge in [0.15, 0.2) is 0 Å². The predicted octanol–water partition coefficient (Wildman–Crippen LogP) is 1.78. The van der Waals surface area contributed by atoms with Crippen LogP contribution in [-0.2, 0) is 0 Å². The average Bonchev–Trinajstić information content (AvgIpc) is 1.67. The number of halogens is 2. The lowest BCUT2D eigenvalue weighted by atomic mass is 10.3. The summed E-state index contributed by atoms with van der Waals surface area (Å²) in [6.07, 6.45) is 0.654. The Balaban J connectivity index is 3.37. The van der Waals surface area contributed by atoms with Crippen LogP contribution >= 0.6 is 44.5 Å². The summed E-state index contributed by atoms with van der Waals surface area (Å²) in [7, 11) is 0. The van der Waals surface area contributed by atoms with E-state index in [1.807, 2.05) is 0 Å². The molecule has 0 unspecified atom stereocenters. The van der Waals surface area contributed by atoms with E-state index in [2.05, 4.69) is 44.5 Å². The number of aliphatic hydroxyl groups is 1. The van der Waals surface area contributed by atoms with Gasteiger partial charge in [0.05, 0.1) is 0 Å². The molecule has 8 heavy (non-hydrogen) atoms. The summed E-state index contributed by atoms with van der Waals surface area (Å²) in [5, 5.41) is 10.4. The lowest BCUT2D eigenvalue weighted by molar-refractivity contribution is 0.164. The maximum atomic E-state index is 9.11. The third-order valence-corrected chi connectivity index (χ3v) is 2.85. The van der Waals surface area contributed by atoms with Crippen LogP contribution in [0.4, 0.5) is 0 Å². The third-order valence-electron chi connectivity index (χ3n) is 0.709. The van der Waals surface area contributed by atoms with Gasteiger partial charge in [0.2, 0.25) is 0 Å². The Morgan fingerprint density at radius 1 is 1.50 bits per heavy atom. The van der Waals surface area contributed by atoms with Crippen molar-refractivity contribution in [3.8, 4) is 0 Å². The van der Waals surface area contributed by atoms with E-state index in [0.29, 0.717) is 11.8 Å². The molecule has 0 aromatic heterocycles. The monoisotopic (exact) mass is 262 g/mol. The van der Waals surface area contributed by atoms with Crippen molar-refractivity contribution in [3.63, 3.8) is 0 Å². The van der Waals surface area contributed by atoms with Crippen LogP contribution in [0.3, 0.4) is 0 Å². The second-order valence-corrected chi connectivity index (χ2v) is 3.74. The minimum atomic E-state index is -0.844. The Hall–Kier alpha value is 1.27. The van der Waals surface area contributed by atoms with Gasteiger partial charge in [-0.2, -0.15) is 0 Å². The quantitative estimate of drug-likeness (QED) is 0.452. The van der Waals surface area contributed by atoms with Crippen molar-refractivity contribution in [2.24, 2.45) is 0 Å². The molecule has 0 spiro atoms. The molecule has 0 bridgehead atoms. The molecule has 0 aliphatic carbocycles. The van der Waals surface area contributed by atoms with Gasteiger partial charge in [0.1, 0.15) is 4.93 Å². The summed E-state index contributed by atoms with van der Waals surface area (Å²) >= 11 is 10.3. The Kier molecular flexibility index (Phi) is 4.80. The van der Waals surface area contributed by atoms with Crippen LogP contribution in [0.15, 0.2) is 0 Å². The smallest absolute Gasteiger partial charge is 0.118 e. The van der Waals surface area contributed by atoms with E-state index < -0.39 is 4.93 Å². The molecule has 0 aliphatic heterocycles. The molecule has 50 valence electrons. The first-order valence-corrected chi connectivity index (χ1v) is 4.88. The van der Waals surface area contributed by atoms with Crippen molar-refractivity contribution in [3.05, 3.63) is 0 Å². The molecule has 0 rings (SSSR count). The van der Waals surface area contributed by atoms with Gasteiger partial charge in [0, 0.05) is 10.7 Å². The van der Waals surface area contributed by atoms with E-state index in [1.165, 1.54) is 0 Å². The fourth-order valence-corrected chi connectivity index (χ4v) is 1.57. The van der Waals surface area contributed by atoms with Gasteiger partial charge in [-0.1, -0.05) is 31.9 Å². The van der Waals surface area contributed by atoms with Gasteiger partial charge in [-0.15, -0.1) is 12.6 Å². The highest BCUT2D eigenvalue weighted by Gasteiger charge is 2.17. The molecule has 0 aliphatic rings. The molecule has 0 saturated heterocycles. The van der Waals surface area contributed by atoms with Crippen LogP contribution in [-0.4, -0.2) is 20.7 Å². The topological polar surface area (TPSA) is 20.2 Å². The van der Waals surface area contributed by atoms with Gasteiger partial charge in [-0.25, -0.2) is 0 Å². The fraction of sp³-hybridized carbons (Fsp3) is 1.00. The summed E-state index contributed by atoms with van der Waals surface area (Å²) in [5.41, 5.74) is 0. The SMILES string of the molecule is O[C@@](S)(CBr)CCBr. The second-order valence-electron chi connectivity index (χ2n) is 1.56. The highest BCUT2D eigenvalue weighted by Crippen LogP contribution is 2.18. The number of rotatable bonds is 3. The Morgan fingerprint density at radius 3 is 2.12 bits per heavy atom. The van der Waals surface area contributed by atoms with Gasteiger partial charge in [0.25, 0.3) is 0 Å². The highest BCUT2D eigenvalue weighted by molar-refractivity contribution is 9.09. The molecule has 4 heteroatoms. The van der Waals surface area contributed by atoms with Gasteiger partial charge >= 0.3 is 0 Å². The van der Waals surface area contributed by atoms with Crippen molar-refractivity contribution < 1.29 is 5.11 Å². The molecule has 0 saturated carbocycles. The summed E-state index contributed by atoms with van der Waals surface area (Å²) in [5.74, 6) is 0. The van der Waals surface area contributed by atoms with Gasteiger partial charge in [-0.3, -0.25) is 0 Å². The Bertz CT molecular complexity index is 67.1. The Morgan fingerprint density at radius 2 is 2.00 bits per heavy atom. The van der Waals surface area contributed by atoms with Crippen LogP contribution < -0.4 is 0 Å². The van der Waals surface area contributed by atoms with Gasteiger partial charge < -0.3 is 5.11 Å². The number of thiol groups is 1. The maximum absolute atomic E-state index is 9.11. The van der Waals surface area contributed by atoms with E-state index in [4.69, 9.17) is 5.11 Å². The summed E-state index contributed by atoms with van der Waals surface area (Å²) in [4.78, 5) is -0.844. The molecular formula is C4H8Br2OS. The number of alkyl halides is 2. The zero-order chi connectivity index (χ0) is 6.62. The van der Waals surface area contributed by atoms with E-state index in [9.17, 15) is 0 Å². The minimum absolute atomic E-state index is 0.509. The molecule has 1 N–H and O–H groups in total. The van der Waals surface area contributed by atoms with Crippen LogP contribution in [0.5, 0.6) is 0 Å².